The number of hydrogen-bond acceptors (Lipinski definition) is 3. The van der Waals surface area contributed by atoms with Crippen molar-refractivity contribution in [3.8, 4) is 0 Å². The molecule has 0 fully saturated rings. The zero-order valence-corrected chi connectivity index (χ0v) is 14.2. The lowest BCUT2D eigenvalue weighted by Crippen LogP contribution is -2.37. The fourth-order valence-corrected chi connectivity index (χ4v) is 2.48. The van der Waals surface area contributed by atoms with Gasteiger partial charge >= 0.3 is 0 Å². The summed E-state index contributed by atoms with van der Waals surface area (Å²) in [7, 11) is 1.59. The quantitative estimate of drug-likeness (QED) is 0.617. The van der Waals surface area contributed by atoms with Crippen LogP contribution in [0.2, 0.25) is 0 Å². The largest absolute Gasteiger partial charge is 0.356 e. The number of carbonyl (C=O) groups excluding carboxylic acids is 1. The highest BCUT2D eigenvalue weighted by Crippen LogP contribution is 2.19. The monoisotopic (exact) mass is 331 g/mol. The average Bonchev–Trinajstić information content (AvgIpc) is 2.42. The highest BCUT2D eigenvalue weighted by Gasteiger charge is 2.24. The molecule has 1 N–H and O–H groups in total. The molecule has 0 aliphatic carbocycles. The number of benzene rings is 1. The second-order valence-electron chi connectivity index (χ2n) is 5.68. The molecule has 1 aromatic rings. The summed E-state index contributed by atoms with van der Waals surface area (Å²) in [5.41, 5.74) is 0.680. The molecule has 1 amide bonds. The Hall–Kier alpha value is -1.07. The average molecular weight is 332 g/mol. The normalized spacial score (nSPS) is 12.2. The van der Waals surface area contributed by atoms with Gasteiger partial charge in [-0.2, -0.15) is 0 Å². The number of carbonyl (C=O) groups is 1. The molecule has 1 rings (SSSR count). The lowest BCUT2D eigenvalue weighted by molar-refractivity contribution is -0.129. The first-order valence-electron chi connectivity index (χ1n) is 6.99. The van der Waals surface area contributed by atoms with E-state index in [1.54, 1.807) is 12.1 Å². The van der Waals surface area contributed by atoms with Crippen molar-refractivity contribution in [2.75, 3.05) is 6.54 Å². The van der Waals surface area contributed by atoms with Crippen molar-refractivity contribution in [2.24, 2.45) is 5.41 Å². The molecule has 0 aliphatic rings. The van der Waals surface area contributed by atoms with E-state index >= 15 is 0 Å². The smallest absolute Gasteiger partial charge is 0.261 e. The van der Waals surface area contributed by atoms with E-state index in [-0.39, 0.29) is 16.2 Å². The van der Waals surface area contributed by atoms with Crippen molar-refractivity contribution in [1.82, 2.24) is 5.32 Å². The minimum absolute atomic E-state index is 0.0635. The van der Waals surface area contributed by atoms with Gasteiger partial charge in [-0.25, -0.2) is 8.42 Å². The van der Waals surface area contributed by atoms with E-state index in [4.69, 9.17) is 10.7 Å². The standard InChI is InChI=1S/C15H22ClNO3S/c1-4-15(2,3)14(18)17-11-5-6-12-7-9-13(10-8-12)21(16,19)20/h7-10H,4-6,11H2,1-3H3,(H,17,18). The summed E-state index contributed by atoms with van der Waals surface area (Å²) < 4.78 is 22.2. The van der Waals surface area contributed by atoms with Crippen molar-refractivity contribution in [2.45, 2.75) is 44.9 Å². The highest BCUT2D eigenvalue weighted by atomic mass is 35.7. The van der Waals surface area contributed by atoms with Crippen LogP contribution in [0.1, 0.15) is 39.2 Å². The van der Waals surface area contributed by atoms with Crippen LogP contribution in [0.15, 0.2) is 29.2 Å². The predicted molar refractivity (Wildman–Crippen MR) is 84.9 cm³/mol. The zero-order valence-electron chi connectivity index (χ0n) is 12.6. The molecule has 0 aromatic heterocycles. The van der Waals surface area contributed by atoms with Crippen molar-refractivity contribution in [3.05, 3.63) is 29.8 Å². The van der Waals surface area contributed by atoms with Crippen molar-refractivity contribution in [3.63, 3.8) is 0 Å². The van der Waals surface area contributed by atoms with Crippen LogP contribution >= 0.6 is 10.7 Å². The molecule has 0 bridgehead atoms. The maximum atomic E-state index is 11.9. The highest BCUT2D eigenvalue weighted by molar-refractivity contribution is 8.13. The van der Waals surface area contributed by atoms with Gasteiger partial charge in [-0.1, -0.05) is 32.9 Å². The van der Waals surface area contributed by atoms with Crippen molar-refractivity contribution >= 4 is 25.6 Å². The van der Waals surface area contributed by atoms with Gasteiger partial charge in [0.05, 0.1) is 4.90 Å². The molecular formula is C15H22ClNO3S. The molecule has 0 saturated heterocycles. The zero-order chi connectivity index (χ0) is 16.1. The van der Waals surface area contributed by atoms with Gasteiger partial charge in [0.15, 0.2) is 0 Å². The van der Waals surface area contributed by atoms with E-state index in [2.05, 4.69) is 5.32 Å². The molecule has 1 aromatic carbocycles. The van der Waals surface area contributed by atoms with E-state index in [9.17, 15) is 13.2 Å². The summed E-state index contributed by atoms with van der Waals surface area (Å²) in [4.78, 5) is 12.0. The van der Waals surface area contributed by atoms with Crippen LogP contribution in [0.5, 0.6) is 0 Å². The first-order chi connectivity index (χ1) is 9.66. The summed E-state index contributed by atoms with van der Waals surface area (Å²) in [5.74, 6) is 0.0635. The molecule has 0 unspecified atom stereocenters. The summed E-state index contributed by atoms with van der Waals surface area (Å²) in [6.45, 7) is 6.45. The number of aryl methyl sites for hydroxylation is 1. The lowest BCUT2D eigenvalue weighted by atomic mass is 9.89. The number of rotatable bonds is 7. The minimum atomic E-state index is -3.66. The Labute approximate surface area is 131 Å². The van der Waals surface area contributed by atoms with Crippen LogP contribution in [-0.4, -0.2) is 20.9 Å². The summed E-state index contributed by atoms with van der Waals surface area (Å²) in [6.07, 6.45) is 2.38. The molecule has 0 radical (unpaired) electrons. The molecular weight excluding hydrogens is 310 g/mol. The molecule has 0 spiro atoms. The van der Waals surface area contributed by atoms with Gasteiger partial charge in [0, 0.05) is 22.6 Å². The van der Waals surface area contributed by atoms with Gasteiger partial charge < -0.3 is 5.32 Å². The third-order valence-electron chi connectivity index (χ3n) is 3.63. The summed E-state index contributed by atoms with van der Waals surface area (Å²) in [6, 6.07) is 6.48. The maximum absolute atomic E-state index is 11.9. The Bertz CT molecular complexity index is 579. The van der Waals surface area contributed by atoms with E-state index in [0.717, 1.165) is 24.8 Å². The topological polar surface area (TPSA) is 63.2 Å². The van der Waals surface area contributed by atoms with Crippen molar-refractivity contribution in [1.29, 1.82) is 0 Å². The molecule has 4 nitrogen and oxygen atoms in total. The Morgan fingerprint density at radius 1 is 1.24 bits per heavy atom. The molecule has 0 saturated carbocycles. The fraction of sp³-hybridized carbons (Fsp3) is 0.533. The molecule has 6 heteroatoms. The van der Waals surface area contributed by atoms with Gasteiger partial charge in [0.1, 0.15) is 0 Å². The van der Waals surface area contributed by atoms with Gasteiger partial charge in [0.25, 0.3) is 9.05 Å². The Kier molecular flexibility index (Phi) is 6.23. The maximum Gasteiger partial charge on any atom is 0.261 e. The first-order valence-corrected chi connectivity index (χ1v) is 9.29. The second kappa shape index (κ2) is 7.27. The summed E-state index contributed by atoms with van der Waals surface area (Å²) in [5, 5.41) is 2.92. The molecule has 118 valence electrons. The van der Waals surface area contributed by atoms with E-state index < -0.39 is 9.05 Å². The van der Waals surface area contributed by atoms with E-state index in [1.807, 2.05) is 20.8 Å². The number of halogens is 1. The third-order valence-corrected chi connectivity index (χ3v) is 5.00. The van der Waals surface area contributed by atoms with Crippen LogP contribution in [0, 0.1) is 5.41 Å². The van der Waals surface area contributed by atoms with Crippen LogP contribution in [0.25, 0.3) is 0 Å². The van der Waals surface area contributed by atoms with Gasteiger partial charge in [-0.05, 0) is 37.0 Å². The SMILES string of the molecule is CCC(C)(C)C(=O)NCCCc1ccc(S(=O)(=O)Cl)cc1. The van der Waals surface area contributed by atoms with Crippen LogP contribution < -0.4 is 5.32 Å². The third kappa shape index (κ3) is 5.67. The Balaban J connectivity index is 2.42. The Morgan fingerprint density at radius 3 is 2.29 bits per heavy atom. The molecule has 0 aliphatic heterocycles. The fourth-order valence-electron chi connectivity index (χ4n) is 1.71. The molecule has 0 atom stereocenters. The van der Waals surface area contributed by atoms with Crippen LogP contribution in [-0.2, 0) is 20.3 Å². The number of hydrogen-bond donors (Lipinski definition) is 1. The number of amides is 1. The van der Waals surface area contributed by atoms with Crippen LogP contribution in [0.3, 0.4) is 0 Å². The molecule has 0 heterocycles. The minimum Gasteiger partial charge on any atom is -0.356 e. The van der Waals surface area contributed by atoms with Crippen molar-refractivity contribution < 1.29 is 13.2 Å². The van der Waals surface area contributed by atoms with Gasteiger partial charge in [-0.15, -0.1) is 0 Å². The van der Waals surface area contributed by atoms with E-state index in [1.165, 1.54) is 12.1 Å². The second-order valence-corrected chi connectivity index (χ2v) is 8.24. The van der Waals surface area contributed by atoms with Gasteiger partial charge in [0.2, 0.25) is 5.91 Å². The lowest BCUT2D eigenvalue weighted by Gasteiger charge is -2.21. The summed E-state index contributed by atoms with van der Waals surface area (Å²) >= 11 is 0. The molecule has 21 heavy (non-hydrogen) atoms. The predicted octanol–water partition coefficient (Wildman–Crippen LogP) is 3.10. The first kappa shape index (κ1) is 18.0. The Morgan fingerprint density at radius 2 is 1.81 bits per heavy atom. The van der Waals surface area contributed by atoms with Crippen LogP contribution in [0.4, 0.5) is 0 Å². The number of nitrogens with one attached hydrogen (secondary N) is 1. The van der Waals surface area contributed by atoms with Gasteiger partial charge in [-0.3, -0.25) is 4.79 Å². The van der Waals surface area contributed by atoms with E-state index in [0.29, 0.717) is 6.54 Å².